The number of nitrogens with one attached hydrogen (secondary N) is 2. The number of ether oxygens (including phenoxy) is 2. The Morgan fingerprint density at radius 3 is 2.37 bits per heavy atom. The summed E-state index contributed by atoms with van der Waals surface area (Å²) in [6.45, 7) is 4.70. The number of benzene rings is 2. The zero-order valence-electron chi connectivity index (χ0n) is 23.7. The van der Waals surface area contributed by atoms with Gasteiger partial charge in [0.1, 0.15) is 11.8 Å². The fourth-order valence-corrected chi connectivity index (χ4v) is 4.47. The molecule has 0 bridgehead atoms. The van der Waals surface area contributed by atoms with Gasteiger partial charge in [-0.25, -0.2) is 0 Å². The van der Waals surface area contributed by atoms with Crippen LogP contribution < -0.4 is 21.1 Å². The number of aromatic nitrogens is 2. The van der Waals surface area contributed by atoms with Gasteiger partial charge >= 0.3 is 0 Å². The van der Waals surface area contributed by atoms with Crippen molar-refractivity contribution in [3.05, 3.63) is 78.1 Å². The standard InChI is InChI=1S/C30H38N6O5/c1-30(2,31)29(39)34-25(20-41-19-21-9-5-4-6-10-21)27(37)33-23-17-32-36(18-23)26(28(38)35-15-7-8-16-35)22-11-13-24(40-3)14-12-22/h4-6,9-14,17-18,25-26H,7-8,15-16,19-20,31H2,1-3H3,(H,33,37)(H,34,39). The van der Waals surface area contributed by atoms with Crippen molar-refractivity contribution >= 4 is 23.4 Å². The summed E-state index contributed by atoms with van der Waals surface area (Å²) in [5.41, 5.74) is 6.81. The zero-order chi connectivity index (χ0) is 29.4. The first kappa shape index (κ1) is 29.8. The average Bonchev–Trinajstić information content (AvgIpc) is 3.66. The monoisotopic (exact) mass is 562 g/mol. The molecule has 4 N–H and O–H groups in total. The maximum absolute atomic E-state index is 13.6. The van der Waals surface area contributed by atoms with E-state index >= 15 is 0 Å². The minimum absolute atomic E-state index is 0.0708. The SMILES string of the molecule is COc1ccc(C(C(=O)N2CCCC2)n2cc(NC(=O)C(COCc3ccccc3)NC(=O)C(C)(C)N)cn2)cc1. The summed E-state index contributed by atoms with van der Waals surface area (Å²) in [6.07, 6.45) is 5.00. The number of nitrogens with zero attached hydrogens (tertiary/aromatic N) is 3. The number of carbonyl (C=O) groups excluding carboxylic acids is 3. The van der Waals surface area contributed by atoms with E-state index in [2.05, 4.69) is 15.7 Å². The van der Waals surface area contributed by atoms with Crippen LogP contribution in [0.15, 0.2) is 67.0 Å². The van der Waals surface area contributed by atoms with E-state index in [0.29, 0.717) is 24.5 Å². The van der Waals surface area contributed by atoms with Crippen molar-refractivity contribution in [2.75, 3.05) is 32.1 Å². The third-order valence-electron chi connectivity index (χ3n) is 6.82. The van der Waals surface area contributed by atoms with Gasteiger partial charge in [-0.2, -0.15) is 5.10 Å². The second kappa shape index (κ2) is 13.4. The first-order chi connectivity index (χ1) is 19.7. The quantitative estimate of drug-likeness (QED) is 0.308. The van der Waals surface area contributed by atoms with E-state index in [1.165, 1.54) is 6.20 Å². The molecule has 11 nitrogen and oxygen atoms in total. The van der Waals surface area contributed by atoms with Gasteiger partial charge in [0.2, 0.25) is 11.8 Å². The van der Waals surface area contributed by atoms with Crippen molar-refractivity contribution in [3.8, 4) is 5.75 Å². The largest absolute Gasteiger partial charge is 0.497 e. The number of amides is 3. The van der Waals surface area contributed by atoms with Crippen molar-refractivity contribution in [2.45, 2.75) is 50.9 Å². The summed E-state index contributed by atoms with van der Waals surface area (Å²) >= 11 is 0. The van der Waals surface area contributed by atoms with Crippen LogP contribution in [0.25, 0.3) is 0 Å². The molecule has 4 rings (SSSR count). The Kier molecular flexibility index (Phi) is 9.74. The van der Waals surface area contributed by atoms with Gasteiger partial charge in [0, 0.05) is 19.3 Å². The predicted molar refractivity (Wildman–Crippen MR) is 154 cm³/mol. The van der Waals surface area contributed by atoms with Crippen LogP contribution in [0.4, 0.5) is 5.69 Å². The van der Waals surface area contributed by atoms with Crippen LogP contribution >= 0.6 is 0 Å². The van der Waals surface area contributed by atoms with E-state index < -0.39 is 29.4 Å². The highest BCUT2D eigenvalue weighted by atomic mass is 16.5. The second-order valence-corrected chi connectivity index (χ2v) is 10.7. The fraction of sp³-hybridized carbons (Fsp3) is 0.400. The first-order valence-electron chi connectivity index (χ1n) is 13.6. The second-order valence-electron chi connectivity index (χ2n) is 10.7. The summed E-state index contributed by atoms with van der Waals surface area (Å²) in [4.78, 5) is 41.3. The molecule has 0 spiro atoms. The number of carbonyl (C=O) groups is 3. The van der Waals surface area contributed by atoms with E-state index in [4.69, 9.17) is 15.2 Å². The van der Waals surface area contributed by atoms with Crippen LogP contribution in [0, 0.1) is 0 Å². The Balaban J connectivity index is 1.51. The van der Waals surface area contributed by atoms with Crippen LogP contribution in [-0.2, 0) is 25.7 Å². The number of hydrogen-bond acceptors (Lipinski definition) is 7. The summed E-state index contributed by atoms with van der Waals surface area (Å²) in [6, 6.07) is 15.1. The Morgan fingerprint density at radius 1 is 1.05 bits per heavy atom. The number of nitrogens with two attached hydrogens (primary N) is 1. The molecule has 1 aromatic heterocycles. The van der Waals surface area contributed by atoms with Gasteiger partial charge in [-0.05, 0) is 49.9 Å². The molecule has 3 aromatic rings. The van der Waals surface area contributed by atoms with Gasteiger partial charge in [0.05, 0.1) is 37.7 Å². The Morgan fingerprint density at radius 2 is 1.73 bits per heavy atom. The van der Waals surface area contributed by atoms with Crippen LogP contribution in [-0.4, -0.2) is 70.8 Å². The van der Waals surface area contributed by atoms with E-state index in [-0.39, 0.29) is 19.1 Å². The summed E-state index contributed by atoms with van der Waals surface area (Å²) in [7, 11) is 1.58. The van der Waals surface area contributed by atoms with Crippen molar-refractivity contribution in [2.24, 2.45) is 5.73 Å². The molecule has 1 aliphatic rings. The van der Waals surface area contributed by atoms with Gasteiger partial charge in [-0.3, -0.25) is 19.1 Å². The third kappa shape index (κ3) is 7.92. The Labute approximate surface area is 240 Å². The number of hydrogen-bond donors (Lipinski definition) is 3. The van der Waals surface area contributed by atoms with E-state index in [1.807, 2.05) is 47.4 Å². The lowest BCUT2D eigenvalue weighted by Gasteiger charge is -2.24. The zero-order valence-corrected chi connectivity index (χ0v) is 23.7. The smallest absolute Gasteiger partial charge is 0.252 e. The van der Waals surface area contributed by atoms with Crippen molar-refractivity contribution in [3.63, 3.8) is 0 Å². The molecule has 0 radical (unpaired) electrons. The molecule has 2 heterocycles. The molecule has 11 heteroatoms. The average molecular weight is 563 g/mol. The summed E-state index contributed by atoms with van der Waals surface area (Å²) in [5.74, 6) is -0.384. The topological polar surface area (TPSA) is 141 Å². The molecular formula is C30H38N6O5. The molecule has 1 aliphatic heterocycles. The van der Waals surface area contributed by atoms with Gasteiger partial charge in [-0.15, -0.1) is 0 Å². The molecule has 2 atom stereocenters. The van der Waals surface area contributed by atoms with E-state index in [1.54, 1.807) is 44.0 Å². The van der Waals surface area contributed by atoms with Gasteiger partial charge in [0.15, 0.2) is 6.04 Å². The van der Waals surface area contributed by atoms with Gasteiger partial charge in [0.25, 0.3) is 5.91 Å². The van der Waals surface area contributed by atoms with Crippen LogP contribution in [0.2, 0.25) is 0 Å². The Bertz CT molecular complexity index is 1310. The first-order valence-corrected chi connectivity index (χ1v) is 13.6. The fourth-order valence-electron chi connectivity index (χ4n) is 4.47. The van der Waals surface area contributed by atoms with E-state index in [9.17, 15) is 14.4 Å². The molecule has 0 aliphatic carbocycles. The van der Waals surface area contributed by atoms with Gasteiger partial charge < -0.3 is 30.7 Å². The number of anilines is 1. The maximum atomic E-state index is 13.6. The highest BCUT2D eigenvalue weighted by molar-refractivity contribution is 5.98. The van der Waals surface area contributed by atoms with Crippen LogP contribution in [0.1, 0.15) is 43.9 Å². The molecular weight excluding hydrogens is 524 g/mol. The lowest BCUT2D eigenvalue weighted by atomic mass is 10.1. The number of likely N-dealkylation sites (tertiary alicyclic amines) is 1. The lowest BCUT2D eigenvalue weighted by Crippen LogP contribution is -2.56. The molecule has 2 aromatic carbocycles. The number of methoxy groups -OCH3 is 1. The highest BCUT2D eigenvalue weighted by Crippen LogP contribution is 2.26. The molecule has 218 valence electrons. The molecule has 1 fully saturated rings. The Hall–Kier alpha value is -4.22. The van der Waals surface area contributed by atoms with Crippen molar-refractivity contribution in [1.29, 1.82) is 0 Å². The predicted octanol–water partition coefficient (Wildman–Crippen LogP) is 2.48. The molecule has 0 saturated carbocycles. The van der Waals surface area contributed by atoms with Crippen LogP contribution in [0.3, 0.4) is 0 Å². The van der Waals surface area contributed by atoms with E-state index in [0.717, 1.165) is 24.0 Å². The van der Waals surface area contributed by atoms with Gasteiger partial charge in [-0.1, -0.05) is 42.5 Å². The minimum atomic E-state index is -1.19. The molecule has 3 amide bonds. The highest BCUT2D eigenvalue weighted by Gasteiger charge is 2.31. The minimum Gasteiger partial charge on any atom is -0.497 e. The normalized spacial score (nSPS) is 14.8. The molecule has 2 unspecified atom stereocenters. The molecule has 41 heavy (non-hydrogen) atoms. The van der Waals surface area contributed by atoms with Crippen molar-refractivity contribution in [1.82, 2.24) is 20.0 Å². The van der Waals surface area contributed by atoms with Crippen LogP contribution in [0.5, 0.6) is 5.75 Å². The summed E-state index contributed by atoms with van der Waals surface area (Å²) < 4.78 is 12.6. The third-order valence-corrected chi connectivity index (χ3v) is 6.82. The van der Waals surface area contributed by atoms with Crippen molar-refractivity contribution < 1.29 is 23.9 Å². The maximum Gasteiger partial charge on any atom is 0.252 e. The molecule has 1 saturated heterocycles. The summed E-state index contributed by atoms with van der Waals surface area (Å²) in [5, 5.41) is 9.91. The lowest BCUT2D eigenvalue weighted by molar-refractivity contribution is -0.132. The number of rotatable bonds is 12.